The standard InChI is InChI=1S/C31H42N2/c1-24-12-17-29-28(20-24)22-30(27-10-7-5-6-8-11-27)31(29)21-25-13-15-26(16-14-25)23-33(4)19-9-18-32(2)3/h5-7,10-11,13-16,22,24,31H,8-9,12,17-21,23H2,1-4H3. The molecule has 0 heterocycles. The normalized spacial score (nSPS) is 22.6. The highest BCUT2D eigenvalue weighted by Gasteiger charge is 2.32. The van der Waals surface area contributed by atoms with Gasteiger partial charge in [-0.2, -0.15) is 0 Å². The molecule has 0 N–H and O–H groups in total. The lowest BCUT2D eigenvalue weighted by atomic mass is 9.79. The average Bonchev–Trinajstić information content (AvgIpc) is 2.95. The molecule has 176 valence electrons. The number of allylic oxidation sites excluding steroid dienone is 10. The molecular weight excluding hydrogens is 400 g/mol. The molecule has 0 spiro atoms. The summed E-state index contributed by atoms with van der Waals surface area (Å²) in [6.45, 7) is 5.73. The van der Waals surface area contributed by atoms with E-state index in [1.54, 1.807) is 16.7 Å². The summed E-state index contributed by atoms with van der Waals surface area (Å²) in [4.78, 5) is 4.70. The molecule has 0 bridgehead atoms. The van der Waals surface area contributed by atoms with Gasteiger partial charge in [-0.1, -0.05) is 73.2 Å². The van der Waals surface area contributed by atoms with E-state index in [1.807, 2.05) is 0 Å². The molecule has 2 nitrogen and oxygen atoms in total. The van der Waals surface area contributed by atoms with Crippen molar-refractivity contribution in [2.24, 2.45) is 11.8 Å². The first-order chi connectivity index (χ1) is 16.0. The Morgan fingerprint density at radius 3 is 2.55 bits per heavy atom. The molecule has 2 heteroatoms. The van der Waals surface area contributed by atoms with Crippen molar-refractivity contribution < 1.29 is 0 Å². The predicted octanol–water partition coefficient (Wildman–Crippen LogP) is 6.73. The summed E-state index contributed by atoms with van der Waals surface area (Å²) in [5.74, 6) is 1.36. The molecule has 0 fully saturated rings. The van der Waals surface area contributed by atoms with Crippen molar-refractivity contribution >= 4 is 0 Å². The van der Waals surface area contributed by atoms with Gasteiger partial charge in [-0.15, -0.1) is 0 Å². The molecule has 0 saturated heterocycles. The lowest BCUT2D eigenvalue weighted by molar-refractivity contribution is 0.294. The summed E-state index contributed by atoms with van der Waals surface area (Å²) in [5.41, 5.74) is 9.23. The number of rotatable bonds is 9. The highest BCUT2D eigenvalue weighted by atomic mass is 15.1. The second-order valence-electron chi connectivity index (χ2n) is 10.6. The Kier molecular flexibility index (Phi) is 8.22. The smallest absolute Gasteiger partial charge is 0.0230 e. The molecule has 3 aliphatic rings. The summed E-state index contributed by atoms with van der Waals surface area (Å²) < 4.78 is 0. The highest BCUT2D eigenvalue weighted by molar-refractivity contribution is 5.56. The summed E-state index contributed by atoms with van der Waals surface area (Å²) in [6, 6.07) is 9.46. The number of hydrogen-bond acceptors (Lipinski definition) is 2. The third kappa shape index (κ3) is 6.46. The first kappa shape index (κ1) is 24.0. The maximum absolute atomic E-state index is 2.55. The van der Waals surface area contributed by atoms with E-state index in [0.717, 1.165) is 38.4 Å². The Morgan fingerprint density at radius 2 is 1.76 bits per heavy atom. The maximum atomic E-state index is 2.55. The van der Waals surface area contributed by atoms with Gasteiger partial charge < -0.3 is 9.80 Å². The van der Waals surface area contributed by atoms with Crippen molar-refractivity contribution in [3.8, 4) is 0 Å². The zero-order valence-corrected chi connectivity index (χ0v) is 21.2. The van der Waals surface area contributed by atoms with Crippen molar-refractivity contribution in [3.63, 3.8) is 0 Å². The molecule has 0 aromatic heterocycles. The fourth-order valence-corrected chi connectivity index (χ4v) is 5.57. The van der Waals surface area contributed by atoms with Gasteiger partial charge in [0.15, 0.2) is 0 Å². The molecule has 1 aromatic rings. The van der Waals surface area contributed by atoms with Crippen LogP contribution < -0.4 is 0 Å². The van der Waals surface area contributed by atoms with Crippen LogP contribution in [0.1, 0.15) is 50.2 Å². The van der Waals surface area contributed by atoms with Crippen LogP contribution in [0.5, 0.6) is 0 Å². The molecule has 3 aliphatic carbocycles. The molecule has 0 amide bonds. The van der Waals surface area contributed by atoms with Crippen LogP contribution in [0.25, 0.3) is 0 Å². The van der Waals surface area contributed by atoms with Crippen molar-refractivity contribution in [1.29, 1.82) is 0 Å². The van der Waals surface area contributed by atoms with E-state index in [1.165, 1.54) is 42.4 Å². The predicted molar refractivity (Wildman–Crippen MR) is 142 cm³/mol. The molecule has 2 unspecified atom stereocenters. The van der Waals surface area contributed by atoms with E-state index < -0.39 is 0 Å². The van der Waals surface area contributed by atoms with Gasteiger partial charge >= 0.3 is 0 Å². The monoisotopic (exact) mass is 442 g/mol. The van der Waals surface area contributed by atoms with Crippen LogP contribution in [0.3, 0.4) is 0 Å². The lowest BCUT2D eigenvalue weighted by Gasteiger charge is -2.26. The van der Waals surface area contributed by atoms with Crippen LogP contribution in [-0.2, 0) is 13.0 Å². The van der Waals surface area contributed by atoms with Crippen LogP contribution in [0.4, 0.5) is 0 Å². The molecule has 1 aromatic carbocycles. The summed E-state index contributed by atoms with van der Waals surface area (Å²) in [6.07, 6.45) is 21.2. The SMILES string of the molecule is CC1CCC2=C(C=C(C3=CCC=CC=C3)C2Cc2ccc(CN(C)CCCN(C)C)cc2)C1. The average molecular weight is 443 g/mol. The second kappa shape index (κ2) is 11.3. The van der Waals surface area contributed by atoms with Crippen LogP contribution in [0.2, 0.25) is 0 Å². The quantitative estimate of drug-likeness (QED) is 0.418. The molecular formula is C31H42N2. The third-order valence-corrected chi connectivity index (χ3v) is 7.40. The van der Waals surface area contributed by atoms with Gasteiger partial charge in [0.2, 0.25) is 0 Å². The fraction of sp³-hybridized carbons (Fsp3) is 0.484. The van der Waals surface area contributed by atoms with Crippen LogP contribution >= 0.6 is 0 Å². The van der Waals surface area contributed by atoms with E-state index in [9.17, 15) is 0 Å². The van der Waals surface area contributed by atoms with Gasteiger partial charge in [0.25, 0.3) is 0 Å². The lowest BCUT2D eigenvalue weighted by Crippen LogP contribution is -2.23. The molecule has 4 rings (SSSR count). The van der Waals surface area contributed by atoms with Crippen molar-refractivity contribution in [2.75, 3.05) is 34.2 Å². The summed E-state index contributed by atoms with van der Waals surface area (Å²) >= 11 is 0. The van der Waals surface area contributed by atoms with E-state index in [0.29, 0.717) is 5.92 Å². The maximum Gasteiger partial charge on any atom is 0.0230 e. The Hall–Kier alpha value is -2.16. The second-order valence-corrected chi connectivity index (χ2v) is 10.6. The van der Waals surface area contributed by atoms with Crippen LogP contribution in [-0.4, -0.2) is 44.0 Å². The van der Waals surface area contributed by atoms with Crippen LogP contribution in [0.15, 0.2) is 83.0 Å². The van der Waals surface area contributed by atoms with E-state index in [2.05, 4.69) is 98.6 Å². The molecule has 0 radical (unpaired) electrons. The summed E-state index contributed by atoms with van der Waals surface area (Å²) in [5, 5.41) is 0. The minimum absolute atomic E-state index is 0.543. The van der Waals surface area contributed by atoms with Gasteiger partial charge in [-0.25, -0.2) is 0 Å². The number of benzene rings is 1. The molecule has 33 heavy (non-hydrogen) atoms. The zero-order valence-electron chi connectivity index (χ0n) is 21.2. The van der Waals surface area contributed by atoms with Gasteiger partial charge in [-0.3, -0.25) is 0 Å². The minimum atomic E-state index is 0.543. The van der Waals surface area contributed by atoms with Gasteiger partial charge in [0, 0.05) is 12.5 Å². The van der Waals surface area contributed by atoms with E-state index in [-0.39, 0.29) is 0 Å². The Bertz CT molecular complexity index is 955. The third-order valence-electron chi connectivity index (χ3n) is 7.40. The number of hydrogen-bond donors (Lipinski definition) is 0. The number of nitrogens with zero attached hydrogens (tertiary/aromatic N) is 2. The topological polar surface area (TPSA) is 6.48 Å². The van der Waals surface area contributed by atoms with Gasteiger partial charge in [0.1, 0.15) is 0 Å². The van der Waals surface area contributed by atoms with Crippen molar-refractivity contribution in [1.82, 2.24) is 9.80 Å². The zero-order chi connectivity index (χ0) is 23.2. The fourth-order valence-electron chi connectivity index (χ4n) is 5.57. The van der Waals surface area contributed by atoms with E-state index in [4.69, 9.17) is 0 Å². The largest absolute Gasteiger partial charge is 0.309 e. The molecule has 2 atom stereocenters. The Morgan fingerprint density at radius 1 is 0.970 bits per heavy atom. The first-order valence-corrected chi connectivity index (χ1v) is 12.9. The van der Waals surface area contributed by atoms with Gasteiger partial charge in [-0.05, 0) is 107 Å². The molecule has 0 saturated carbocycles. The van der Waals surface area contributed by atoms with Crippen LogP contribution in [0, 0.1) is 11.8 Å². The Labute approximate surface area is 202 Å². The van der Waals surface area contributed by atoms with Crippen molar-refractivity contribution in [2.45, 2.75) is 52.0 Å². The first-order valence-electron chi connectivity index (χ1n) is 12.9. The molecule has 0 aliphatic heterocycles. The summed E-state index contributed by atoms with van der Waals surface area (Å²) in [7, 11) is 6.53. The minimum Gasteiger partial charge on any atom is -0.309 e. The van der Waals surface area contributed by atoms with Crippen molar-refractivity contribution in [3.05, 3.63) is 94.1 Å². The van der Waals surface area contributed by atoms with E-state index >= 15 is 0 Å². The Balaban J connectivity index is 1.44. The highest BCUT2D eigenvalue weighted by Crippen LogP contribution is 2.46. The van der Waals surface area contributed by atoms with Gasteiger partial charge in [0.05, 0.1) is 0 Å².